The van der Waals surface area contributed by atoms with Crippen molar-refractivity contribution in [2.24, 2.45) is 0 Å². The number of nitrogens with one attached hydrogen (secondary N) is 2. The zero-order valence-electron chi connectivity index (χ0n) is 18.6. The normalized spacial score (nSPS) is 15.1. The Bertz CT molecular complexity index is 1360. The Kier molecular flexibility index (Phi) is 5.18. The maximum Gasteiger partial charge on any atom is 0.255 e. The van der Waals surface area contributed by atoms with Crippen molar-refractivity contribution < 1.29 is 4.79 Å². The molecule has 3 aromatic heterocycles. The van der Waals surface area contributed by atoms with Gasteiger partial charge in [0.05, 0.1) is 17.5 Å². The molecule has 0 spiro atoms. The van der Waals surface area contributed by atoms with E-state index in [9.17, 15) is 4.79 Å². The van der Waals surface area contributed by atoms with Gasteiger partial charge in [-0.3, -0.25) is 14.8 Å². The summed E-state index contributed by atoms with van der Waals surface area (Å²) >= 11 is 0. The number of hydrogen-bond acceptors (Lipinski definition) is 6. The fourth-order valence-corrected chi connectivity index (χ4v) is 3.93. The lowest BCUT2D eigenvalue weighted by Crippen LogP contribution is -2.31. The van der Waals surface area contributed by atoms with E-state index in [0.29, 0.717) is 28.7 Å². The molecule has 4 aromatic rings. The van der Waals surface area contributed by atoms with Crippen LogP contribution in [0.2, 0.25) is 0 Å². The molecule has 0 fully saturated rings. The minimum atomic E-state index is -0.487. The summed E-state index contributed by atoms with van der Waals surface area (Å²) in [6.45, 7) is 6.01. The van der Waals surface area contributed by atoms with Crippen LogP contribution >= 0.6 is 0 Å². The van der Waals surface area contributed by atoms with Gasteiger partial charge in [-0.1, -0.05) is 18.2 Å². The third-order valence-electron chi connectivity index (χ3n) is 5.78. The van der Waals surface area contributed by atoms with Crippen molar-refractivity contribution in [1.82, 2.24) is 24.7 Å². The van der Waals surface area contributed by atoms with Gasteiger partial charge in [-0.2, -0.15) is 4.98 Å². The first-order chi connectivity index (χ1) is 16.0. The summed E-state index contributed by atoms with van der Waals surface area (Å²) in [5.41, 5.74) is 6.00. The van der Waals surface area contributed by atoms with Crippen LogP contribution in [0.1, 0.15) is 29.7 Å². The standard InChI is InChI=1S/C25H23N7O/c1-15-8-9-18(12-16(15)2)23-30-25-28-17(3)21(24(33)29-20-7-5-11-27-14-20)22(32(25)31-23)19-6-4-10-26-13-19/h4-14,22H,1-3H3,(H,29,33)(H,28,30,31). The summed E-state index contributed by atoms with van der Waals surface area (Å²) in [6.07, 6.45) is 6.74. The molecule has 1 aliphatic heterocycles. The van der Waals surface area contributed by atoms with E-state index in [2.05, 4.69) is 46.6 Å². The van der Waals surface area contributed by atoms with E-state index in [1.165, 1.54) is 11.1 Å². The van der Waals surface area contributed by atoms with Crippen molar-refractivity contribution >= 4 is 17.5 Å². The number of carbonyl (C=O) groups is 1. The summed E-state index contributed by atoms with van der Waals surface area (Å²) in [5.74, 6) is 0.930. The summed E-state index contributed by atoms with van der Waals surface area (Å²) in [6, 6.07) is 13.0. The van der Waals surface area contributed by atoms with E-state index in [1.807, 2.05) is 25.1 Å². The number of benzene rings is 1. The van der Waals surface area contributed by atoms with Crippen molar-refractivity contribution in [2.45, 2.75) is 26.8 Å². The molecule has 0 radical (unpaired) electrons. The zero-order chi connectivity index (χ0) is 22.9. The third-order valence-corrected chi connectivity index (χ3v) is 5.78. The van der Waals surface area contributed by atoms with Crippen LogP contribution in [0.15, 0.2) is 78.5 Å². The first kappa shape index (κ1) is 20.6. The fraction of sp³-hybridized carbons (Fsp3) is 0.160. The van der Waals surface area contributed by atoms with Crippen molar-refractivity contribution in [1.29, 1.82) is 0 Å². The number of carbonyl (C=O) groups excluding carboxylic acids is 1. The molecule has 1 aromatic carbocycles. The smallest absolute Gasteiger partial charge is 0.255 e. The molecule has 1 atom stereocenters. The van der Waals surface area contributed by atoms with Crippen LogP contribution in [0.4, 0.5) is 11.6 Å². The number of pyridine rings is 2. The van der Waals surface area contributed by atoms with Gasteiger partial charge in [0, 0.05) is 29.9 Å². The van der Waals surface area contributed by atoms with Gasteiger partial charge in [-0.15, -0.1) is 5.10 Å². The van der Waals surface area contributed by atoms with Crippen molar-refractivity contribution in [3.63, 3.8) is 0 Å². The molecule has 0 bridgehead atoms. The second-order valence-corrected chi connectivity index (χ2v) is 8.05. The van der Waals surface area contributed by atoms with Crippen LogP contribution < -0.4 is 10.6 Å². The quantitative estimate of drug-likeness (QED) is 0.495. The topological polar surface area (TPSA) is 97.6 Å². The molecule has 4 heterocycles. The van der Waals surface area contributed by atoms with E-state index in [0.717, 1.165) is 11.1 Å². The van der Waals surface area contributed by atoms with Crippen molar-refractivity contribution in [3.8, 4) is 11.4 Å². The lowest BCUT2D eigenvalue weighted by Gasteiger charge is -2.28. The minimum Gasteiger partial charge on any atom is -0.328 e. The number of aromatic nitrogens is 5. The molecular weight excluding hydrogens is 414 g/mol. The highest BCUT2D eigenvalue weighted by Crippen LogP contribution is 2.36. The number of amides is 1. The maximum atomic E-state index is 13.4. The minimum absolute atomic E-state index is 0.240. The van der Waals surface area contributed by atoms with Gasteiger partial charge in [0.2, 0.25) is 5.95 Å². The molecule has 0 saturated heterocycles. The highest BCUT2D eigenvalue weighted by atomic mass is 16.1. The SMILES string of the molecule is CC1=C(C(=O)Nc2cccnc2)C(c2cccnc2)n2nc(-c3ccc(C)c(C)c3)nc2N1. The molecule has 8 nitrogen and oxygen atoms in total. The van der Waals surface area contributed by atoms with Crippen LogP contribution in [-0.2, 0) is 4.79 Å². The van der Waals surface area contributed by atoms with Gasteiger partial charge in [0.1, 0.15) is 6.04 Å². The Balaban J connectivity index is 1.59. The molecule has 164 valence electrons. The Hall–Kier alpha value is -4.33. The largest absolute Gasteiger partial charge is 0.328 e. The predicted molar refractivity (Wildman–Crippen MR) is 126 cm³/mol. The summed E-state index contributed by atoms with van der Waals surface area (Å²) in [7, 11) is 0. The molecule has 5 rings (SSSR count). The Morgan fingerprint density at radius 2 is 1.79 bits per heavy atom. The van der Waals surface area contributed by atoms with Gasteiger partial charge in [0.15, 0.2) is 5.82 Å². The summed E-state index contributed by atoms with van der Waals surface area (Å²) in [4.78, 5) is 26.5. The third kappa shape index (κ3) is 3.87. The Morgan fingerprint density at radius 1 is 1.00 bits per heavy atom. The van der Waals surface area contributed by atoms with Crippen LogP contribution in [0, 0.1) is 13.8 Å². The monoisotopic (exact) mass is 437 g/mol. The molecule has 0 aliphatic carbocycles. The molecule has 8 heteroatoms. The number of aryl methyl sites for hydroxylation is 2. The molecule has 2 N–H and O–H groups in total. The first-order valence-corrected chi connectivity index (χ1v) is 10.6. The number of rotatable bonds is 4. The van der Waals surface area contributed by atoms with Gasteiger partial charge in [-0.25, -0.2) is 4.68 Å². The average molecular weight is 438 g/mol. The number of anilines is 2. The van der Waals surface area contributed by atoms with E-state index in [1.54, 1.807) is 41.6 Å². The second-order valence-electron chi connectivity index (χ2n) is 8.05. The predicted octanol–water partition coefficient (Wildman–Crippen LogP) is 4.28. The van der Waals surface area contributed by atoms with Crippen molar-refractivity contribution in [3.05, 3.63) is 95.2 Å². The van der Waals surface area contributed by atoms with Crippen molar-refractivity contribution in [2.75, 3.05) is 10.6 Å². The fourth-order valence-electron chi connectivity index (χ4n) is 3.93. The van der Waals surface area contributed by atoms with Gasteiger partial charge >= 0.3 is 0 Å². The average Bonchev–Trinajstić information content (AvgIpc) is 3.24. The number of nitrogens with zero attached hydrogens (tertiary/aromatic N) is 5. The van der Waals surface area contributed by atoms with Crippen LogP contribution in [0.5, 0.6) is 0 Å². The van der Waals surface area contributed by atoms with Crippen LogP contribution in [-0.4, -0.2) is 30.6 Å². The van der Waals surface area contributed by atoms with E-state index in [-0.39, 0.29) is 5.91 Å². The molecule has 0 saturated carbocycles. The molecule has 33 heavy (non-hydrogen) atoms. The van der Waals surface area contributed by atoms with Gasteiger partial charge in [-0.05, 0) is 61.7 Å². The van der Waals surface area contributed by atoms with E-state index >= 15 is 0 Å². The molecule has 1 aliphatic rings. The molecule has 1 amide bonds. The Morgan fingerprint density at radius 3 is 2.48 bits per heavy atom. The van der Waals surface area contributed by atoms with E-state index < -0.39 is 6.04 Å². The number of fused-ring (bicyclic) bond motifs is 1. The van der Waals surface area contributed by atoms with Gasteiger partial charge < -0.3 is 10.6 Å². The first-order valence-electron chi connectivity index (χ1n) is 10.6. The molecule has 1 unspecified atom stereocenters. The zero-order valence-corrected chi connectivity index (χ0v) is 18.6. The van der Waals surface area contributed by atoms with Gasteiger partial charge in [0.25, 0.3) is 5.91 Å². The summed E-state index contributed by atoms with van der Waals surface area (Å²) in [5, 5.41) is 11.0. The second kappa shape index (κ2) is 8.31. The lowest BCUT2D eigenvalue weighted by atomic mass is 9.96. The highest BCUT2D eigenvalue weighted by molar-refractivity contribution is 6.05. The molecular formula is C25H23N7O. The highest BCUT2D eigenvalue weighted by Gasteiger charge is 2.34. The number of allylic oxidation sites excluding steroid dienone is 1. The summed E-state index contributed by atoms with van der Waals surface area (Å²) < 4.78 is 1.76. The Labute approximate surface area is 191 Å². The number of hydrogen-bond donors (Lipinski definition) is 2. The van der Waals surface area contributed by atoms with Crippen LogP contribution in [0.3, 0.4) is 0 Å². The van der Waals surface area contributed by atoms with Crippen LogP contribution in [0.25, 0.3) is 11.4 Å². The van der Waals surface area contributed by atoms with E-state index in [4.69, 9.17) is 10.1 Å². The lowest BCUT2D eigenvalue weighted by molar-refractivity contribution is -0.113. The maximum absolute atomic E-state index is 13.4.